The lowest BCUT2D eigenvalue weighted by Crippen LogP contribution is -2.57. The standard InChI is InChI=1S/C39H50N10O6/c1-25-22-32(50)46(38(54)34(25)44-42-30-14-10-28(11-15-30)36(40)52)18-8-20-48(4,5)24-27(3)49(6,7)21-9-19-47-33(51)23-26(2)35(39(47)55)45-43-31-16-12-29(13-17-31)37(41)53/h10-17,22-23,27H,8-9,18-21,24H2,1-7H3,(H4-2,40,41,42,43,50,51,52,53,54,55)/p+2. The number of primary amides is 2. The zero-order valence-corrected chi connectivity index (χ0v) is 32.6. The number of nitrogens with two attached hydrogens (primary N) is 2. The fraction of sp³-hybridized carbons (Fsp3) is 0.385. The summed E-state index contributed by atoms with van der Waals surface area (Å²) < 4.78 is 3.93. The quantitative estimate of drug-likeness (QED) is 0.0849. The van der Waals surface area contributed by atoms with Gasteiger partial charge in [0, 0.05) is 49.2 Å². The summed E-state index contributed by atoms with van der Waals surface area (Å²) in [6.07, 6.45) is 1.23. The molecule has 2 amide bonds. The first-order chi connectivity index (χ1) is 25.8. The Kier molecular flexibility index (Phi) is 13.2. The molecule has 0 aliphatic heterocycles. The molecule has 1 atom stereocenters. The summed E-state index contributed by atoms with van der Waals surface area (Å²) in [7, 11) is 8.53. The predicted molar refractivity (Wildman–Crippen MR) is 210 cm³/mol. The Hall–Kier alpha value is -6.00. The van der Waals surface area contributed by atoms with Gasteiger partial charge in [-0.3, -0.25) is 28.3 Å². The van der Waals surface area contributed by atoms with Gasteiger partial charge in [0.15, 0.2) is 0 Å². The molecule has 0 aliphatic carbocycles. The number of carbonyl (C=O) groups is 2. The average molecular weight is 757 g/mol. The minimum atomic E-state index is -0.553. The van der Waals surface area contributed by atoms with Crippen LogP contribution in [0.5, 0.6) is 11.8 Å². The van der Waals surface area contributed by atoms with Crippen molar-refractivity contribution in [2.24, 2.45) is 31.9 Å². The van der Waals surface area contributed by atoms with Crippen molar-refractivity contribution in [2.45, 2.75) is 52.7 Å². The molecule has 16 heteroatoms. The molecule has 4 aromatic rings. The smallest absolute Gasteiger partial charge is 0.253 e. The van der Waals surface area contributed by atoms with Crippen molar-refractivity contribution in [1.82, 2.24) is 9.13 Å². The average Bonchev–Trinajstić information content (AvgIpc) is 3.10. The van der Waals surface area contributed by atoms with Crippen LogP contribution < -0.4 is 22.6 Å². The van der Waals surface area contributed by atoms with Crippen molar-refractivity contribution in [3.05, 3.63) is 104 Å². The highest BCUT2D eigenvalue weighted by atomic mass is 16.3. The molecule has 1 unspecified atom stereocenters. The molecular formula is C39H52N10O6+2. The molecule has 0 radical (unpaired) electrons. The Morgan fingerprint density at radius 2 is 1.05 bits per heavy atom. The second kappa shape index (κ2) is 17.4. The van der Waals surface area contributed by atoms with Gasteiger partial charge in [0.1, 0.15) is 24.0 Å². The van der Waals surface area contributed by atoms with Crippen LogP contribution in [-0.2, 0) is 13.1 Å². The number of hydrogen-bond acceptors (Lipinski definition) is 10. The summed E-state index contributed by atoms with van der Waals surface area (Å²) in [5.41, 5.74) is 12.9. The van der Waals surface area contributed by atoms with Gasteiger partial charge in [-0.1, -0.05) is 0 Å². The van der Waals surface area contributed by atoms with Crippen LogP contribution in [0.4, 0.5) is 22.7 Å². The third kappa shape index (κ3) is 10.8. The Balaban J connectivity index is 1.35. The summed E-state index contributed by atoms with van der Waals surface area (Å²) in [6.45, 7) is 8.38. The second-order valence-electron chi connectivity index (χ2n) is 15.1. The summed E-state index contributed by atoms with van der Waals surface area (Å²) in [5, 5.41) is 38.8. The van der Waals surface area contributed by atoms with Gasteiger partial charge in [0.2, 0.25) is 23.6 Å². The van der Waals surface area contributed by atoms with Crippen LogP contribution in [0.25, 0.3) is 0 Å². The van der Waals surface area contributed by atoms with Crippen molar-refractivity contribution in [2.75, 3.05) is 47.8 Å². The van der Waals surface area contributed by atoms with Crippen LogP contribution in [-0.4, -0.2) is 94.0 Å². The molecule has 55 heavy (non-hydrogen) atoms. The van der Waals surface area contributed by atoms with Crippen LogP contribution in [0.1, 0.15) is 51.6 Å². The first-order valence-corrected chi connectivity index (χ1v) is 17.9. The Bertz CT molecular complexity index is 2200. The molecule has 0 spiro atoms. The fourth-order valence-corrected chi connectivity index (χ4v) is 6.30. The highest BCUT2D eigenvalue weighted by Crippen LogP contribution is 2.32. The zero-order valence-electron chi connectivity index (χ0n) is 32.6. The van der Waals surface area contributed by atoms with Crippen LogP contribution in [0.3, 0.4) is 0 Å². The molecule has 0 saturated heterocycles. The fourth-order valence-electron chi connectivity index (χ4n) is 6.30. The molecule has 2 aromatic carbocycles. The Morgan fingerprint density at radius 3 is 1.44 bits per heavy atom. The van der Waals surface area contributed by atoms with E-state index < -0.39 is 11.8 Å². The highest BCUT2D eigenvalue weighted by Gasteiger charge is 2.31. The number of amides is 2. The maximum atomic E-state index is 12.9. The third-order valence-corrected chi connectivity index (χ3v) is 9.94. The first-order valence-electron chi connectivity index (χ1n) is 17.9. The van der Waals surface area contributed by atoms with Crippen molar-refractivity contribution in [1.29, 1.82) is 0 Å². The molecule has 0 fully saturated rings. The molecule has 2 aromatic heterocycles. The van der Waals surface area contributed by atoms with Gasteiger partial charge in [-0.05, 0) is 80.4 Å². The largest absolute Gasteiger partial charge is 0.493 e. The summed E-state index contributed by atoms with van der Waals surface area (Å²) in [6, 6.07) is 15.6. The normalized spacial score (nSPS) is 12.8. The number of benzene rings is 2. The second-order valence-corrected chi connectivity index (χ2v) is 15.1. The van der Waals surface area contributed by atoms with E-state index in [0.29, 0.717) is 55.4 Å². The van der Waals surface area contributed by atoms with Crippen molar-refractivity contribution in [3.8, 4) is 11.8 Å². The molecule has 0 saturated carbocycles. The number of aryl methyl sites for hydroxylation is 2. The number of azo groups is 2. The van der Waals surface area contributed by atoms with E-state index in [9.17, 15) is 29.4 Å². The maximum Gasteiger partial charge on any atom is 0.253 e. The van der Waals surface area contributed by atoms with Crippen molar-refractivity contribution in [3.63, 3.8) is 0 Å². The van der Waals surface area contributed by atoms with E-state index in [1.807, 2.05) is 0 Å². The lowest BCUT2D eigenvalue weighted by atomic mass is 10.1. The van der Waals surface area contributed by atoms with Gasteiger partial charge in [0.05, 0.1) is 52.7 Å². The number of aromatic hydroxyl groups is 2. The third-order valence-electron chi connectivity index (χ3n) is 9.94. The lowest BCUT2D eigenvalue weighted by Gasteiger charge is -2.41. The van der Waals surface area contributed by atoms with Gasteiger partial charge in [-0.2, -0.15) is 10.2 Å². The van der Waals surface area contributed by atoms with Crippen LogP contribution >= 0.6 is 0 Å². The number of hydrogen-bond donors (Lipinski definition) is 4. The highest BCUT2D eigenvalue weighted by molar-refractivity contribution is 5.93. The molecule has 16 nitrogen and oxygen atoms in total. The number of likely N-dealkylation sites (N-methyl/N-ethyl adjacent to an activating group) is 2. The summed E-state index contributed by atoms with van der Waals surface area (Å²) in [4.78, 5) is 48.5. The zero-order chi connectivity index (χ0) is 40.7. The molecule has 4 rings (SSSR count). The van der Waals surface area contributed by atoms with Gasteiger partial charge >= 0.3 is 0 Å². The van der Waals surface area contributed by atoms with E-state index in [1.54, 1.807) is 38.1 Å². The monoisotopic (exact) mass is 756 g/mol. The summed E-state index contributed by atoms with van der Waals surface area (Å²) in [5.74, 6) is -1.63. The number of rotatable bonds is 17. The number of nitrogens with zero attached hydrogens (tertiary/aromatic N) is 8. The van der Waals surface area contributed by atoms with E-state index in [1.165, 1.54) is 45.5 Å². The minimum absolute atomic E-state index is 0.190. The number of pyridine rings is 2. The number of carbonyl (C=O) groups excluding carboxylic acids is 2. The van der Waals surface area contributed by atoms with Crippen LogP contribution in [0, 0.1) is 13.8 Å². The van der Waals surface area contributed by atoms with Gasteiger partial charge in [-0.25, -0.2) is 0 Å². The molecule has 6 N–H and O–H groups in total. The van der Waals surface area contributed by atoms with E-state index in [-0.39, 0.29) is 53.4 Å². The van der Waals surface area contributed by atoms with E-state index >= 15 is 0 Å². The predicted octanol–water partition coefficient (Wildman–Crippen LogP) is 5.09. The van der Waals surface area contributed by atoms with Gasteiger partial charge in [0.25, 0.3) is 11.1 Å². The Labute approximate surface area is 319 Å². The topological polar surface area (TPSA) is 220 Å². The lowest BCUT2D eigenvalue weighted by molar-refractivity contribution is -0.963. The van der Waals surface area contributed by atoms with E-state index in [0.717, 1.165) is 19.6 Å². The Morgan fingerprint density at radius 1 is 0.673 bits per heavy atom. The minimum Gasteiger partial charge on any atom is -0.493 e. The SMILES string of the molecule is Cc1cc(=O)n(CCC[N+](C)(C)CC(C)[N+](C)(C)CCCn2c(O)c(N=Nc3ccc(C(N)=O)cc3)c(C)cc2=O)c(O)c1N=Nc1ccc(C(N)=O)cc1. The van der Waals surface area contributed by atoms with Gasteiger partial charge in [-0.15, -0.1) is 10.2 Å². The number of aromatic nitrogens is 2. The molecule has 0 bridgehead atoms. The van der Waals surface area contributed by atoms with E-state index in [2.05, 4.69) is 55.6 Å². The van der Waals surface area contributed by atoms with E-state index in [4.69, 9.17) is 11.5 Å². The van der Waals surface area contributed by atoms with Crippen molar-refractivity contribution >= 4 is 34.6 Å². The molecular weight excluding hydrogens is 704 g/mol. The molecule has 292 valence electrons. The van der Waals surface area contributed by atoms with Crippen molar-refractivity contribution < 1.29 is 28.8 Å². The van der Waals surface area contributed by atoms with Gasteiger partial charge < -0.3 is 30.6 Å². The van der Waals surface area contributed by atoms with Crippen LogP contribution in [0.15, 0.2) is 90.7 Å². The maximum absolute atomic E-state index is 12.9. The number of quaternary nitrogens is 2. The first kappa shape index (κ1) is 41.8. The van der Waals surface area contributed by atoms with Crippen LogP contribution in [0.2, 0.25) is 0 Å². The molecule has 2 heterocycles. The summed E-state index contributed by atoms with van der Waals surface area (Å²) >= 11 is 0. The molecule has 0 aliphatic rings.